The highest BCUT2D eigenvalue weighted by molar-refractivity contribution is 6.09. The average molecular weight is 541 g/mol. The summed E-state index contributed by atoms with van der Waals surface area (Å²) < 4.78 is 13.1. The monoisotopic (exact) mass is 540 g/mol. The molecule has 208 valence electrons. The third-order valence-corrected chi connectivity index (χ3v) is 7.20. The van der Waals surface area contributed by atoms with Crippen LogP contribution < -0.4 is 25.4 Å². The largest absolute Gasteiger partial charge is 0.497 e. The number of nitrogens with zero attached hydrogens (tertiary/aromatic N) is 3. The molecule has 9 nitrogen and oxygen atoms in total. The molecule has 3 heterocycles. The second-order valence-electron chi connectivity index (χ2n) is 9.95. The fourth-order valence-corrected chi connectivity index (χ4v) is 5.24. The maximum atomic E-state index is 12.5. The molecule has 1 atom stereocenters. The second-order valence-corrected chi connectivity index (χ2v) is 9.95. The number of anilines is 1. The summed E-state index contributed by atoms with van der Waals surface area (Å²) in [5, 5.41) is 12.9. The summed E-state index contributed by atoms with van der Waals surface area (Å²) in [6.07, 6.45) is 5.36. The van der Waals surface area contributed by atoms with E-state index in [1.807, 2.05) is 55.6 Å². The minimum absolute atomic E-state index is 0.170. The van der Waals surface area contributed by atoms with E-state index in [-0.39, 0.29) is 12.1 Å². The highest BCUT2D eigenvalue weighted by atomic mass is 16.5. The maximum Gasteiger partial charge on any atom is 0.314 e. The highest BCUT2D eigenvalue weighted by Crippen LogP contribution is 2.32. The van der Waals surface area contributed by atoms with E-state index in [0.29, 0.717) is 19.6 Å². The van der Waals surface area contributed by atoms with E-state index in [0.717, 1.165) is 68.4 Å². The minimum Gasteiger partial charge on any atom is -0.497 e. The number of rotatable bonds is 11. The van der Waals surface area contributed by atoms with Gasteiger partial charge in [-0.05, 0) is 57.0 Å². The van der Waals surface area contributed by atoms with Crippen molar-refractivity contribution in [1.82, 2.24) is 25.2 Å². The van der Waals surface area contributed by atoms with Crippen molar-refractivity contribution in [2.75, 3.05) is 32.6 Å². The van der Waals surface area contributed by atoms with Crippen LogP contribution in [0.5, 0.6) is 11.5 Å². The molecule has 0 aliphatic rings. The molecule has 40 heavy (non-hydrogen) atoms. The van der Waals surface area contributed by atoms with Crippen LogP contribution in [0.3, 0.4) is 0 Å². The molecule has 0 aliphatic carbocycles. The summed E-state index contributed by atoms with van der Waals surface area (Å²) >= 11 is 0. The van der Waals surface area contributed by atoms with Crippen LogP contribution in [0.1, 0.15) is 25.5 Å². The van der Waals surface area contributed by atoms with Gasteiger partial charge < -0.3 is 30.0 Å². The van der Waals surface area contributed by atoms with Gasteiger partial charge in [0.25, 0.3) is 0 Å². The molecule has 0 spiro atoms. The number of pyridine rings is 2. The van der Waals surface area contributed by atoms with Crippen molar-refractivity contribution in [1.29, 1.82) is 0 Å². The van der Waals surface area contributed by atoms with Crippen molar-refractivity contribution in [3.05, 3.63) is 66.6 Å². The number of urea groups is 1. The molecule has 5 aromatic rings. The van der Waals surface area contributed by atoms with Crippen molar-refractivity contribution in [3.8, 4) is 11.5 Å². The number of methoxy groups -OCH3 is 2. The summed E-state index contributed by atoms with van der Waals surface area (Å²) in [7, 11) is 3.33. The number of aromatic nitrogens is 3. The van der Waals surface area contributed by atoms with Crippen molar-refractivity contribution < 1.29 is 14.3 Å². The molecule has 0 radical (unpaired) electrons. The smallest absolute Gasteiger partial charge is 0.314 e. The van der Waals surface area contributed by atoms with E-state index in [4.69, 9.17) is 9.47 Å². The zero-order chi connectivity index (χ0) is 28.1. The number of nitrogens with one attached hydrogen (secondary N) is 3. The zero-order valence-electron chi connectivity index (χ0n) is 23.5. The Morgan fingerprint density at radius 3 is 2.60 bits per heavy atom. The Kier molecular flexibility index (Phi) is 8.19. The third-order valence-electron chi connectivity index (χ3n) is 7.20. The molecule has 3 aromatic heterocycles. The van der Waals surface area contributed by atoms with Crippen LogP contribution in [-0.4, -0.2) is 53.9 Å². The van der Waals surface area contributed by atoms with Crippen molar-refractivity contribution in [2.24, 2.45) is 0 Å². The first-order chi connectivity index (χ1) is 19.5. The van der Waals surface area contributed by atoms with Gasteiger partial charge in [-0.3, -0.25) is 9.97 Å². The molecular formula is C31H36N6O3. The van der Waals surface area contributed by atoms with Crippen LogP contribution in [0.2, 0.25) is 0 Å². The summed E-state index contributed by atoms with van der Waals surface area (Å²) in [6.45, 7) is 5.84. The molecule has 0 saturated carbocycles. The molecule has 0 saturated heterocycles. The predicted molar refractivity (Wildman–Crippen MR) is 161 cm³/mol. The van der Waals surface area contributed by atoms with Gasteiger partial charge in [0.1, 0.15) is 11.5 Å². The summed E-state index contributed by atoms with van der Waals surface area (Å²) in [5.74, 6) is 1.59. The van der Waals surface area contributed by atoms with E-state index in [9.17, 15) is 4.79 Å². The molecule has 0 aliphatic heterocycles. The Balaban J connectivity index is 1.12. The van der Waals surface area contributed by atoms with Gasteiger partial charge >= 0.3 is 6.03 Å². The van der Waals surface area contributed by atoms with E-state index in [1.54, 1.807) is 20.4 Å². The molecule has 0 fully saturated rings. The lowest BCUT2D eigenvalue weighted by Gasteiger charge is -2.17. The topological polar surface area (TPSA) is 102 Å². The van der Waals surface area contributed by atoms with Crippen LogP contribution in [0.15, 0.2) is 60.9 Å². The Morgan fingerprint density at radius 1 is 0.950 bits per heavy atom. The van der Waals surface area contributed by atoms with Gasteiger partial charge in [0.05, 0.1) is 42.2 Å². The first kappa shape index (κ1) is 27.1. The Hall–Kier alpha value is -4.53. The molecule has 3 N–H and O–H groups in total. The number of amides is 2. The van der Waals surface area contributed by atoms with Gasteiger partial charge in [0.2, 0.25) is 0 Å². The molecule has 2 aromatic carbocycles. The van der Waals surface area contributed by atoms with Gasteiger partial charge in [-0.25, -0.2) is 4.79 Å². The van der Waals surface area contributed by atoms with E-state index in [1.165, 1.54) is 0 Å². The summed E-state index contributed by atoms with van der Waals surface area (Å²) in [5.41, 5.74) is 4.96. The van der Waals surface area contributed by atoms with Gasteiger partial charge in [-0.1, -0.05) is 6.07 Å². The Morgan fingerprint density at radius 2 is 1.77 bits per heavy atom. The molecule has 0 bridgehead atoms. The van der Waals surface area contributed by atoms with E-state index in [2.05, 4.69) is 43.5 Å². The second kappa shape index (κ2) is 12.1. The number of aryl methyl sites for hydroxylation is 1. The third kappa shape index (κ3) is 5.73. The number of hydrogen-bond acceptors (Lipinski definition) is 6. The standard InChI is InChI=1S/C31H36N6O3/c1-20(36-27-18-24(40-4)17-22-8-6-12-33-29(22)27)7-5-13-34-31(38)35-15-16-37-28-19-23(39-3)9-10-25(28)26-11-14-32-21(2)30(26)37/h6,8-12,14,17-20,36H,5,7,13,15-16H2,1-4H3,(H2,34,35,38). The highest BCUT2D eigenvalue weighted by Gasteiger charge is 2.14. The normalized spacial score (nSPS) is 12.0. The molecule has 5 rings (SSSR count). The quantitative estimate of drug-likeness (QED) is 0.187. The van der Waals surface area contributed by atoms with Crippen molar-refractivity contribution in [2.45, 2.75) is 39.3 Å². The predicted octanol–water partition coefficient (Wildman–Crippen LogP) is 5.64. The van der Waals surface area contributed by atoms with Crippen LogP contribution in [0, 0.1) is 6.92 Å². The fraction of sp³-hybridized carbons (Fsp3) is 0.323. The number of hydrogen-bond donors (Lipinski definition) is 3. The fourth-order valence-electron chi connectivity index (χ4n) is 5.24. The Labute approximate surface area is 233 Å². The molecule has 9 heteroatoms. The van der Waals surface area contributed by atoms with Gasteiger partial charge in [-0.2, -0.15) is 0 Å². The van der Waals surface area contributed by atoms with Crippen LogP contribution in [0.4, 0.5) is 10.5 Å². The average Bonchev–Trinajstić information content (AvgIpc) is 3.29. The van der Waals surface area contributed by atoms with Gasteiger partial charge in [-0.15, -0.1) is 0 Å². The lowest BCUT2D eigenvalue weighted by atomic mass is 10.1. The van der Waals surface area contributed by atoms with Crippen LogP contribution >= 0.6 is 0 Å². The zero-order valence-corrected chi connectivity index (χ0v) is 23.5. The minimum atomic E-state index is -0.170. The van der Waals surface area contributed by atoms with Crippen molar-refractivity contribution >= 4 is 44.4 Å². The Bertz CT molecular complexity index is 1650. The number of ether oxygens (including phenoxy) is 2. The first-order valence-electron chi connectivity index (χ1n) is 13.6. The van der Waals surface area contributed by atoms with Gasteiger partial charge in [0, 0.05) is 66.4 Å². The number of fused-ring (bicyclic) bond motifs is 4. The van der Waals surface area contributed by atoms with Crippen molar-refractivity contribution in [3.63, 3.8) is 0 Å². The molecule has 2 amide bonds. The summed E-state index contributed by atoms with van der Waals surface area (Å²) in [4.78, 5) is 21.5. The molecular weight excluding hydrogens is 504 g/mol. The number of carbonyl (C=O) groups excluding carboxylic acids is 1. The van der Waals surface area contributed by atoms with E-state index >= 15 is 0 Å². The SMILES string of the molecule is COc1cc(NC(C)CCCNC(=O)NCCn2c3cc(OC)ccc3c3ccnc(C)c32)c2ncccc2c1. The first-order valence-corrected chi connectivity index (χ1v) is 13.6. The number of benzene rings is 2. The maximum absolute atomic E-state index is 12.5. The van der Waals surface area contributed by atoms with Gasteiger partial charge in [0.15, 0.2) is 0 Å². The lowest BCUT2D eigenvalue weighted by molar-refractivity contribution is 0.240. The lowest BCUT2D eigenvalue weighted by Crippen LogP contribution is -2.37. The van der Waals surface area contributed by atoms with Crippen LogP contribution in [-0.2, 0) is 6.54 Å². The summed E-state index contributed by atoms with van der Waals surface area (Å²) in [6, 6.07) is 16.1. The molecule has 1 unspecified atom stereocenters. The number of carbonyl (C=O) groups is 1. The van der Waals surface area contributed by atoms with Crippen LogP contribution in [0.25, 0.3) is 32.7 Å². The van der Waals surface area contributed by atoms with E-state index < -0.39 is 0 Å².